The van der Waals surface area contributed by atoms with Gasteiger partial charge in [0.05, 0.1) is 15.9 Å². The third-order valence-electron chi connectivity index (χ3n) is 2.14. The number of alkyl halides is 1. The minimum absolute atomic E-state index is 0.0321. The minimum atomic E-state index is 0.0321. The van der Waals surface area contributed by atoms with Gasteiger partial charge in [-0.25, -0.2) is 0 Å². The molecule has 0 aliphatic carbocycles. The number of nitrogens with zero attached hydrogens (tertiary/aromatic N) is 1. The Morgan fingerprint density at radius 2 is 2.20 bits per heavy atom. The molecule has 2 rings (SSSR count). The highest BCUT2D eigenvalue weighted by atomic mass is 79.9. The quantitative estimate of drug-likeness (QED) is 0.624. The van der Waals surface area contributed by atoms with Crippen LogP contribution >= 0.6 is 27.5 Å². The summed E-state index contributed by atoms with van der Waals surface area (Å²) < 4.78 is 0. The van der Waals surface area contributed by atoms with Crippen LogP contribution < -0.4 is 0 Å². The highest BCUT2D eigenvalue weighted by Gasteiger charge is 2.10. The first-order valence-electron chi connectivity index (χ1n) is 4.36. The van der Waals surface area contributed by atoms with Crippen molar-refractivity contribution in [3.8, 4) is 0 Å². The van der Waals surface area contributed by atoms with Crippen LogP contribution in [0.25, 0.3) is 10.9 Å². The molecule has 0 saturated carbocycles. The summed E-state index contributed by atoms with van der Waals surface area (Å²) >= 11 is 9.14. The topological polar surface area (TPSA) is 30.0 Å². The molecule has 1 heterocycles. The van der Waals surface area contributed by atoms with Crippen LogP contribution in [0.1, 0.15) is 10.4 Å². The van der Waals surface area contributed by atoms with Crippen LogP contribution in [0, 0.1) is 0 Å². The number of aromatic nitrogens is 1. The molecule has 0 bridgehead atoms. The zero-order valence-corrected chi connectivity index (χ0v) is 10.0. The molecule has 15 heavy (non-hydrogen) atoms. The van der Waals surface area contributed by atoms with E-state index in [0.29, 0.717) is 21.4 Å². The summed E-state index contributed by atoms with van der Waals surface area (Å²) in [5, 5.41) is 1.67. The fourth-order valence-corrected chi connectivity index (χ4v) is 1.97. The Bertz CT molecular complexity index is 527. The molecule has 0 amide bonds. The summed E-state index contributed by atoms with van der Waals surface area (Å²) in [4.78, 5) is 15.8. The molecule has 0 aliphatic rings. The number of ketones is 1. The third-order valence-corrected chi connectivity index (χ3v) is 2.96. The molecule has 0 unspecified atom stereocenters. The van der Waals surface area contributed by atoms with Crippen molar-refractivity contribution in [2.24, 2.45) is 0 Å². The molecule has 0 fully saturated rings. The first-order chi connectivity index (χ1) is 7.24. The van der Waals surface area contributed by atoms with Gasteiger partial charge in [-0.2, -0.15) is 0 Å². The molecule has 4 heteroatoms. The lowest BCUT2D eigenvalue weighted by atomic mass is 10.1. The second-order valence-electron chi connectivity index (χ2n) is 3.05. The number of carbonyl (C=O) groups is 1. The average Bonchev–Trinajstić information content (AvgIpc) is 2.29. The van der Waals surface area contributed by atoms with Crippen molar-refractivity contribution in [1.82, 2.24) is 4.98 Å². The third kappa shape index (κ3) is 1.90. The fraction of sp³-hybridized carbons (Fsp3) is 0.0909. The maximum Gasteiger partial charge on any atom is 0.174 e. The zero-order chi connectivity index (χ0) is 10.8. The molecular weight excluding hydrogens is 277 g/mol. The first kappa shape index (κ1) is 10.6. The van der Waals surface area contributed by atoms with Gasteiger partial charge < -0.3 is 0 Å². The lowest BCUT2D eigenvalue weighted by Crippen LogP contribution is -2.01. The van der Waals surface area contributed by atoms with Crippen LogP contribution in [-0.2, 0) is 0 Å². The monoisotopic (exact) mass is 283 g/mol. The van der Waals surface area contributed by atoms with Crippen molar-refractivity contribution in [3.63, 3.8) is 0 Å². The fourth-order valence-electron chi connectivity index (χ4n) is 1.45. The standard InChI is InChI=1S/C11H7BrClNO/c12-6-10(15)7-3-4-9(13)11-8(7)2-1-5-14-11/h1-5H,6H2. The van der Waals surface area contributed by atoms with Gasteiger partial charge in [-0.15, -0.1) is 0 Å². The number of Topliss-reactive ketones (excluding diaryl/α,β-unsaturated/α-hetero) is 1. The molecule has 1 aromatic carbocycles. The number of carbonyl (C=O) groups excluding carboxylic acids is 1. The number of hydrogen-bond acceptors (Lipinski definition) is 2. The molecule has 2 aromatic rings. The number of halogens is 2. The Hall–Kier alpha value is -0.930. The number of hydrogen-bond donors (Lipinski definition) is 0. The summed E-state index contributed by atoms with van der Waals surface area (Å²) in [7, 11) is 0. The summed E-state index contributed by atoms with van der Waals surface area (Å²) in [6.07, 6.45) is 1.66. The maximum atomic E-state index is 11.6. The second-order valence-corrected chi connectivity index (χ2v) is 4.02. The van der Waals surface area contributed by atoms with E-state index in [4.69, 9.17) is 11.6 Å². The summed E-state index contributed by atoms with van der Waals surface area (Å²) in [6.45, 7) is 0. The highest BCUT2D eigenvalue weighted by molar-refractivity contribution is 9.09. The van der Waals surface area contributed by atoms with Crippen LogP contribution in [-0.4, -0.2) is 16.1 Å². The van der Waals surface area contributed by atoms with Crippen LogP contribution in [0.3, 0.4) is 0 Å². The predicted octanol–water partition coefficient (Wildman–Crippen LogP) is 3.47. The normalized spacial score (nSPS) is 10.5. The van der Waals surface area contributed by atoms with Crippen molar-refractivity contribution < 1.29 is 4.79 Å². The van der Waals surface area contributed by atoms with Crippen molar-refractivity contribution in [2.75, 3.05) is 5.33 Å². The van der Waals surface area contributed by atoms with Crippen molar-refractivity contribution in [1.29, 1.82) is 0 Å². The Kier molecular flexibility index (Phi) is 3.03. The number of benzene rings is 1. The van der Waals surface area contributed by atoms with Gasteiger partial charge in [0.25, 0.3) is 0 Å². The van der Waals surface area contributed by atoms with Gasteiger partial charge in [0.2, 0.25) is 0 Å². The summed E-state index contributed by atoms with van der Waals surface area (Å²) in [6, 6.07) is 7.08. The molecule has 0 atom stereocenters. The van der Waals surface area contributed by atoms with Gasteiger partial charge in [-0.05, 0) is 18.2 Å². The summed E-state index contributed by atoms with van der Waals surface area (Å²) in [5.74, 6) is 0.0321. The van der Waals surface area contributed by atoms with Crippen molar-refractivity contribution in [3.05, 3.63) is 41.0 Å². The van der Waals surface area contributed by atoms with Gasteiger partial charge in [-0.3, -0.25) is 9.78 Å². The minimum Gasteiger partial charge on any atom is -0.293 e. The molecule has 0 saturated heterocycles. The second kappa shape index (κ2) is 4.29. The first-order valence-corrected chi connectivity index (χ1v) is 5.86. The molecule has 76 valence electrons. The van der Waals surface area contributed by atoms with E-state index in [1.54, 1.807) is 24.4 Å². The largest absolute Gasteiger partial charge is 0.293 e. The number of pyridine rings is 1. The van der Waals surface area contributed by atoms with Gasteiger partial charge in [0.1, 0.15) is 0 Å². The molecule has 0 N–H and O–H groups in total. The van der Waals surface area contributed by atoms with E-state index in [-0.39, 0.29) is 5.78 Å². The van der Waals surface area contributed by atoms with Gasteiger partial charge in [0.15, 0.2) is 5.78 Å². The van der Waals surface area contributed by atoms with E-state index in [1.807, 2.05) is 6.07 Å². The molecule has 0 aliphatic heterocycles. The average molecular weight is 285 g/mol. The van der Waals surface area contributed by atoms with Crippen LogP contribution in [0.2, 0.25) is 5.02 Å². The van der Waals surface area contributed by atoms with Crippen molar-refractivity contribution in [2.45, 2.75) is 0 Å². The Labute approximate surface area is 100 Å². The van der Waals surface area contributed by atoms with Gasteiger partial charge in [-0.1, -0.05) is 33.6 Å². The van der Waals surface area contributed by atoms with E-state index < -0.39 is 0 Å². The van der Waals surface area contributed by atoms with Crippen molar-refractivity contribution >= 4 is 44.2 Å². The van der Waals surface area contributed by atoms with E-state index >= 15 is 0 Å². The maximum absolute atomic E-state index is 11.6. The zero-order valence-electron chi connectivity index (χ0n) is 7.71. The molecule has 1 aromatic heterocycles. The molecule has 0 radical (unpaired) electrons. The van der Waals surface area contributed by atoms with E-state index in [1.165, 1.54) is 0 Å². The van der Waals surface area contributed by atoms with Gasteiger partial charge >= 0.3 is 0 Å². The number of rotatable bonds is 2. The van der Waals surface area contributed by atoms with Crippen LogP contribution in [0.4, 0.5) is 0 Å². The lowest BCUT2D eigenvalue weighted by molar-refractivity contribution is 0.102. The Balaban J connectivity index is 2.77. The van der Waals surface area contributed by atoms with E-state index in [0.717, 1.165) is 5.39 Å². The van der Waals surface area contributed by atoms with Gasteiger partial charge in [0, 0.05) is 17.1 Å². The highest BCUT2D eigenvalue weighted by Crippen LogP contribution is 2.24. The molecule has 2 nitrogen and oxygen atoms in total. The van der Waals surface area contributed by atoms with E-state index in [9.17, 15) is 4.79 Å². The Morgan fingerprint density at radius 3 is 2.93 bits per heavy atom. The number of fused-ring (bicyclic) bond motifs is 1. The molecular formula is C11H7BrClNO. The lowest BCUT2D eigenvalue weighted by Gasteiger charge is -2.04. The van der Waals surface area contributed by atoms with Crippen LogP contribution in [0.5, 0.6) is 0 Å². The molecule has 0 spiro atoms. The Morgan fingerprint density at radius 1 is 1.40 bits per heavy atom. The smallest absolute Gasteiger partial charge is 0.174 e. The van der Waals surface area contributed by atoms with E-state index in [2.05, 4.69) is 20.9 Å². The van der Waals surface area contributed by atoms with Crippen LogP contribution in [0.15, 0.2) is 30.5 Å². The summed E-state index contributed by atoms with van der Waals surface area (Å²) in [5.41, 5.74) is 1.32. The predicted molar refractivity (Wildman–Crippen MR) is 64.9 cm³/mol. The SMILES string of the molecule is O=C(CBr)c1ccc(Cl)c2ncccc12.